The van der Waals surface area contributed by atoms with E-state index in [2.05, 4.69) is 10.1 Å². The lowest BCUT2D eigenvalue weighted by Gasteiger charge is -2.26. The second-order valence-electron chi connectivity index (χ2n) is 4.73. The third-order valence-corrected chi connectivity index (χ3v) is 4.28. The van der Waals surface area contributed by atoms with Gasteiger partial charge in [0, 0.05) is 32.5 Å². The van der Waals surface area contributed by atoms with Crippen molar-refractivity contribution in [2.75, 3.05) is 25.1 Å². The zero-order valence-corrected chi connectivity index (χ0v) is 11.6. The standard InChI is InChI=1S/C12H16N4O2S/c1-15(8-9-4-2-3-7-18-9)12-14-16-10(17)5-6-13-11(16)19-12/h5-6,9H,2-4,7-8H2,1H3. The molecule has 0 saturated carbocycles. The van der Waals surface area contributed by atoms with E-state index in [0.29, 0.717) is 4.96 Å². The summed E-state index contributed by atoms with van der Waals surface area (Å²) in [4.78, 5) is 18.4. The molecule has 1 aliphatic heterocycles. The number of fused-ring (bicyclic) bond motifs is 1. The van der Waals surface area contributed by atoms with E-state index in [0.717, 1.165) is 31.1 Å². The third-order valence-electron chi connectivity index (χ3n) is 3.24. The fraction of sp³-hybridized carbons (Fsp3) is 0.583. The Morgan fingerprint density at radius 1 is 1.58 bits per heavy atom. The first-order valence-corrected chi connectivity index (χ1v) is 7.23. The number of hydrogen-bond acceptors (Lipinski definition) is 6. The smallest absolute Gasteiger partial charge is 0.275 e. The summed E-state index contributed by atoms with van der Waals surface area (Å²) in [5, 5.41) is 5.10. The van der Waals surface area contributed by atoms with Crippen LogP contribution in [-0.2, 0) is 4.74 Å². The van der Waals surface area contributed by atoms with E-state index < -0.39 is 0 Å². The van der Waals surface area contributed by atoms with Crippen molar-refractivity contribution in [3.05, 3.63) is 22.6 Å². The number of anilines is 1. The van der Waals surface area contributed by atoms with Crippen LogP contribution in [0.25, 0.3) is 4.96 Å². The Hall–Kier alpha value is -1.47. The van der Waals surface area contributed by atoms with Crippen LogP contribution in [0.1, 0.15) is 19.3 Å². The van der Waals surface area contributed by atoms with Gasteiger partial charge in [0.2, 0.25) is 10.1 Å². The summed E-state index contributed by atoms with van der Waals surface area (Å²) in [7, 11) is 1.97. The summed E-state index contributed by atoms with van der Waals surface area (Å²) in [5.74, 6) is 0. The normalized spacial score (nSPS) is 19.7. The average Bonchev–Trinajstić information content (AvgIpc) is 2.85. The van der Waals surface area contributed by atoms with Gasteiger partial charge >= 0.3 is 0 Å². The first kappa shape index (κ1) is 12.6. The van der Waals surface area contributed by atoms with Crippen LogP contribution < -0.4 is 10.5 Å². The summed E-state index contributed by atoms with van der Waals surface area (Å²) >= 11 is 1.42. The second kappa shape index (κ2) is 5.26. The summed E-state index contributed by atoms with van der Waals surface area (Å²) in [6, 6.07) is 1.42. The first-order chi connectivity index (χ1) is 9.24. The van der Waals surface area contributed by atoms with E-state index in [4.69, 9.17) is 4.74 Å². The van der Waals surface area contributed by atoms with Gasteiger partial charge in [-0.3, -0.25) is 4.79 Å². The van der Waals surface area contributed by atoms with E-state index >= 15 is 0 Å². The molecule has 0 radical (unpaired) electrons. The van der Waals surface area contributed by atoms with Gasteiger partial charge in [-0.25, -0.2) is 4.98 Å². The average molecular weight is 280 g/mol. The molecule has 1 fully saturated rings. The van der Waals surface area contributed by atoms with Gasteiger partial charge in [0.1, 0.15) is 0 Å². The van der Waals surface area contributed by atoms with Crippen molar-refractivity contribution in [3.63, 3.8) is 0 Å². The Kier molecular flexibility index (Phi) is 3.48. The van der Waals surface area contributed by atoms with Gasteiger partial charge < -0.3 is 9.64 Å². The summed E-state index contributed by atoms with van der Waals surface area (Å²) in [6.07, 6.45) is 5.24. The number of hydrogen-bond donors (Lipinski definition) is 0. The molecule has 1 unspecified atom stereocenters. The molecule has 102 valence electrons. The molecule has 2 aromatic heterocycles. The Morgan fingerprint density at radius 3 is 3.21 bits per heavy atom. The predicted octanol–water partition coefficient (Wildman–Crippen LogP) is 1.16. The molecule has 3 heterocycles. The highest BCUT2D eigenvalue weighted by Crippen LogP contribution is 2.21. The lowest BCUT2D eigenvalue weighted by molar-refractivity contribution is 0.0216. The van der Waals surface area contributed by atoms with Gasteiger partial charge in [-0.15, -0.1) is 5.10 Å². The van der Waals surface area contributed by atoms with Crippen LogP contribution in [0.15, 0.2) is 17.1 Å². The third kappa shape index (κ3) is 2.62. The van der Waals surface area contributed by atoms with E-state index in [9.17, 15) is 4.79 Å². The van der Waals surface area contributed by atoms with Crippen molar-refractivity contribution in [1.29, 1.82) is 0 Å². The topological polar surface area (TPSA) is 59.7 Å². The maximum absolute atomic E-state index is 11.6. The Labute approximate surface area is 114 Å². The Bertz CT molecular complexity index is 617. The van der Waals surface area contributed by atoms with Crippen molar-refractivity contribution in [1.82, 2.24) is 14.6 Å². The Morgan fingerprint density at radius 2 is 2.47 bits per heavy atom. The molecule has 3 rings (SSSR count). The van der Waals surface area contributed by atoms with Gasteiger partial charge in [0.25, 0.3) is 5.56 Å². The molecular weight excluding hydrogens is 264 g/mol. The van der Waals surface area contributed by atoms with Crippen molar-refractivity contribution >= 4 is 21.4 Å². The highest BCUT2D eigenvalue weighted by atomic mass is 32.1. The van der Waals surface area contributed by atoms with Crippen molar-refractivity contribution < 1.29 is 4.74 Å². The second-order valence-corrected chi connectivity index (χ2v) is 5.67. The Balaban J connectivity index is 1.79. The molecule has 1 saturated heterocycles. The van der Waals surface area contributed by atoms with Crippen LogP contribution in [0, 0.1) is 0 Å². The van der Waals surface area contributed by atoms with Crippen LogP contribution in [0.4, 0.5) is 5.13 Å². The summed E-state index contributed by atoms with van der Waals surface area (Å²) in [6.45, 7) is 1.65. The summed E-state index contributed by atoms with van der Waals surface area (Å²) in [5.41, 5.74) is -0.144. The number of rotatable bonds is 3. The molecule has 19 heavy (non-hydrogen) atoms. The highest BCUT2D eigenvalue weighted by Gasteiger charge is 2.18. The van der Waals surface area contributed by atoms with E-state index in [1.807, 2.05) is 11.9 Å². The minimum Gasteiger partial charge on any atom is -0.376 e. The van der Waals surface area contributed by atoms with Gasteiger partial charge in [0.05, 0.1) is 6.10 Å². The highest BCUT2D eigenvalue weighted by molar-refractivity contribution is 7.20. The number of ether oxygens (including phenoxy) is 1. The molecule has 0 aliphatic carbocycles. The largest absolute Gasteiger partial charge is 0.376 e. The van der Waals surface area contributed by atoms with Crippen LogP contribution in [-0.4, -0.2) is 40.9 Å². The minimum absolute atomic E-state index is 0.144. The monoisotopic (exact) mass is 280 g/mol. The van der Waals surface area contributed by atoms with E-state index in [-0.39, 0.29) is 11.7 Å². The molecule has 2 aromatic rings. The van der Waals surface area contributed by atoms with Gasteiger partial charge in [-0.05, 0) is 19.3 Å². The molecule has 0 spiro atoms. The van der Waals surface area contributed by atoms with Crippen LogP contribution >= 0.6 is 11.3 Å². The van der Waals surface area contributed by atoms with Crippen LogP contribution in [0.3, 0.4) is 0 Å². The lowest BCUT2D eigenvalue weighted by atomic mass is 10.1. The zero-order chi connectivity index (χ0) is 13.2. The molecule has 0 aromatic carbocycles. The number of likely N-dealkylation sites (N-methyl/N-ethyl adjacent to an activating group) is 1. The molecular formula is C12H16N4O2S. The molecule has 7 heteroatoms. The van der Waals surface area contributed by atoms with Crippen molar-refractivity contribution in [2.45, 2.75) is 25.4 Å². The molecule has 0 N–H and O–H groups in total. The van der Waals surface area contributed by atoms with E-state index in [1.165, 1.54) is 34.5 Å². The summed E-state index contributed by atoms with van der Waals surface area (Å²) < 4.78 is 7.06. The van der Waals surface area contributed by atoms with Crippen LogP contribution in [0.5, 0.6) is 0 Å². The fourth-order valence-corrected chi connectivity index (χ4v) is 3.07. The van der Waals surface area contributed by atoms with Crippen molar-refractivity contribution in [3.8, 4) is 0 Å². The molecule has 1 aliphatic rings. The lowest BCUT2D eigenvalue weighted by Crippen LogP contribution is -2.33. The molecule has 0 amide bonds. The van der Waals surface area contributed by atoms with Crippen LogP contribution in [0.2, 0.25) is 0 Å². The van der Waals surface area contributed by atoms with Crippen molar-refractivity contribution in [2.24, 2.45) is 0 Å². The number of nitrogens with zero attached hydrogens (tertiary/aromatic N) is 4. The van der Waals surface area contributed by atoms with Gasteiger partial charge in [-0.1, -0.05) is 11.3 Å². The SMILES string of the molecule is CN(CC1CCCCO1)c1nn2c(=O)ccnc2s1. The predicted molar refractivity (Wildman–Crippen MR) is 74.0 cm³/mol. The maximum atomic E-state index is 11.6. The minimum atomic E-state index is -0.144. The van der Waals surface area contributed by atoms with Gasteiger partial charge in [-0.2, -0.15) is 4.52 Å². The quantitative estimate of drug-likeness (QED) is 0.844. The molecule has 1 atom stereocenters. The molecule has 6 nitrogen and oxygen atoms in total. The fourth-order valence-electron chi connectivity index (χ4n) is 2.22. The zero-order valence-electron chi connectivity index (χ0n) is 10.8. The first-order valence-electron chi connectivity index (χ1n) is 6.41. The number of aromatic nitrogens is 3. The molecule has 0 bridgehead atoms. The maximum Gasteiger partial charge on any atom is 0.275 e. The van der Waals surface area contributed by atoms with Gasteiger partial charge in [0.15, 0.2) is 0 Å². The van der Waals surface area contributed by atoms with E-state index in [1.54, 1.807) is 0 Å².